The summed E-state index contributed by atoms with van der Waals surface area (Å²) in [7, 11) is -3.13. The molecule has 1 aliphatic carbocycles. The van der Waals surface area contributed by atoms with Crippen LogP contribution in [0.2, 0.25) is 0 Å². The summed E-state index contributed by atoms with van der Waals surface area (Å²) in [4.78, 5) is 23.1. The molecule has 0 bridgehead atoms. The molecule has 1 aliphatic heterocycles. The Labute approximate surface area is 144 Å². The summed E-state index contributed by atoms with van der Waals surface area (Å²) >= 11 is 0. The van der Waals surface area contributed by atoms with E-state index in [1.54, 1.807) is 0 Å². The molecule has 2 aliphatic rings. The highest BCUT2D eigenvalue weighted by Crippen LogP contribution is 2.50. The molecule has 136 valence electrons. The zero-order chi connectivity index (χ0) is 18.4. The lowest BCUT2D eigenvalue weighted by Crippen LogP contribution is -2.37. The van der Waals surface area contributed by atoms with Gasteiger partial charge in [-0.3, -0.25) is 4.79 Å². The van der Waals surface area contributed by atoms with E-state index >= 15 is 0 Å². The molecule has 1 saturated heterocycles. The maximum Gasteiger partial charge on any atom is 0.339 e. The molecule has 1 aromatic rings. The number of carboxylic acid groups (broad SMARTS) is 1. The van der Waals surface area contributed by atoms with Gasteiger partial charge in [0.15, 0.2) is 0 Å². The number of ether oxygens (including phenoxy) is 1. The van der Waals surface area contributed by atoms with Crippen molar-refractivity contribution in [2.24, 2.45) is 11.3 Å². The maximum atomic E-state index is 13.6. The first-order valence-electron chi connectivity index (χ1n) is 7.84. The van der Waals surface area contributed by atoms with Crippen LogP contribution in [-0.4, -0.2) is 50.0 Å². The van der Waals surface area contributed by atoms with E-state index in [9.17, 15) is 27.5 Å². The molecule has 3 rings (SSSR count). The van der Waals surface area contributed by atoms with Crippen LogP contribution in [0.15, 0.2) is 23.1 Å². The molecule has 0 aromatic heterocycles. The summed E-state index contributed by atoms with van der Waals surface area (Å²) in [6, 6.07) is 2.80. The van der Waals surface area contributed by atoms with E-state index in [4.69, 9.17) is 0 Å². The number of rotatable bonds is 4. The van der Waals surface area contributed by atoms with E-state index < -0.39 is 38.1 Å². The van der Waals surface area contributed by atoms with Crippen molar-refractivity contribution in [3.63, 3.8) is 0 Å². The van der Waals surface area contributed by atoms with E-state index in [2.05, 4.69) is 4.74 Å². The highest BCUT2D eigenvalue weighted by molar-refractivity contribution is 7.89. The smallest absolute Gasteiger partial charge is 0.339 e. The molecule has 1 heterocycles. The number of carboxylic acids is 1. The van der Waals surface area contributed by atoms with Gasteiger partial charge < -0.3 is 9.84 Å². The molecule has 25 heavy (non-hydrogen) atoms. The fourth-order valence-electron chi connectivity index (χ4n) is 3.90. The molecule has 2 atom stereocenters. The minimum atomic E-state index is -4.23. The molecule has 1 saturated carbocycles. The number of esters is 1. The van der Waals surface area contributed by atoms with Gasteiger partial charge in [-0.1, -0.05) is 6.42 Å². The number of hydrogen-bond donors (Lipinski definition) is 1. The Kier molecular flexibility index (Phi) is 4.32. The number of nitrogens with zero attached hydrogens (tertiary/aromatic N) is 1. The third-order valence-electron chi connectivity index (χ3n) is 5.23. The standard InChI is InChI=1S/C16H18FNO6S/c1-24-14(19)12-5-4-11(17)7-13(12)25(22,23)18-8-10-3-2-6-16(10,9-18)15(20)21/h4-5,7,10H,2-3,6,8-9H2,1H3,(H,20,21)/t10-,16+/m0/s1. The Morgan fingerprint density at radius 2 is 2.12 bits per heavy atom. The lowest BCUT2D eigenvalue weighted by Gasteiger charge is -2.23. The number of hydrogen-bond acceptors (Lipinski definition) is 5. The first-order chi connectivity index (χ1) is 11.7. The predicted molar refractivity (Wildman–Crippen MR) is 83.9 cm³/mol. The zero-order valence-electron chi connectivity index (χ0n) is 13.6. The van der Waals surface area contributed by atoms with E-state index in [-0.39, 0.29) is 24.6 Å². The fraction of sp³-hybridized carbons (Fsp3) is 0.500. The van der Waals surface area contributed by atoms with Gasteiger partial charge in [0, 0.05) is 13.1 Å². The van der Waals surface area contributed by atoms with E-state index in [0.29, 0.717) is 12.8 Å². The summed E-state index contributed by atoms with van der Waals surface area (Å²) in [5.74, 6) is -3.00. The number of carbonyl (C=O) groups is 2. The summed E-state index contributed by atoms with van der Waals surface area (Å²) in [6.45, 7) is -0.127. The highest BCUT2D eigenvalue weighted by atomic mass is 32.2. The van der Waals surface area contributed by atoms with Crippen LogP contribution in [0.5, 0.6) is 0 Å². The van der Waals surface area contributed by atoms with Crippen LogP contribution in [0.1, 0.15) is 29.6 Å². The molecular weight excluding hydrogens is 353 g/mol. The molecule has 1 N–H and O–H groups in total. The molecule has 0 radical (unpaired) electrons. The molecule has 0 amide bonds. The number of halogens is 1. The molecule has 7 nitrogen and oxygen atoms in total. The Morgan fingerprint density at radius 3 is 2.72 bits per heavy atom. The van der Waals surface area contributed by atoms with E-state index in [1.165, 1.54) is 0 Å². The van der Waals surface area contributed by atoms with Crippen molar-refractivity contribution in [2.75, 3.05) is 20.2 Å². The Hall–Kier alpha value is -2.00. The van der Waals surface area contributed by atoms with Crippen LogP contribution in [0, 0.1) is 17.2 Å². The Bertz CT molecular complexity index is 839. The van der Waals surface area contributed by atoms with Crippen LogP contribution in [0.4, 0.5) is 4.39 Å². The van der Waals surface area contributed by atoms with Crippen molar-refractivity contribution < 1.29 is 32.2 Å². The fourth-order valence-corrected chi connectivity index (χ4v) is 5.65. The minimum Gasteiger partial charge on any atom is -0.481 e. The second kappa shape index (κ2) is 6.06. The van der Waals surface area contributed by atoms with Gasteiger partial charge >= 0.3 is 11.9 Å². The van der Waals surface area contributed by atoms with Crippen LogP contribution in [0.3, 0.4) is 0 Å². The third kappa shape index (κ3) is 2.71. The molecule has 9 heteroatoms. The van der Waals surface area contributed by atoms with Gasteiger partial charge in [-0.05, 0) is 37.0 Å². The second-order valence-electron chi connectivity index (χ2n) is 6.48. The monoisotopic (exact) mass is 371 g/mol. The normalized spacial score (nSPS) is 26.4. The van der Waals surface area contributed by atoms with Gasteiger partial charge in [-0.15, -0.1) is 0 Å². The summed E-state index contributed by atoms with van der Waals surface area (Å²) < 4.78 is 45.2. The van der Waals surface area contributed by atoms with Crippen molar-refractivity contribution in [1.82, 2.24) is 4.31 Å². The van der Waals surface area contributed by atoms with Crippen molar-refractivity contribution in [3.05, 3.63) is 29.6 Å². The van der Waals surface area contributed by atoms with Crippen molar-refractivity contribution in [2.45, 2.75) is 24.2 Å². The van der Waals surface area contributed by atoms with Gasteiger partial charge in [-0.2, -0.15) is 4.31 Å². The largest absolute Gasteiger partial charge is 0.481 e. The number of methoxy groups -OCH3 is 1. The minimum absolute atomic E-state index is 0.0474. The number of sulfonamides is 1. The van der Waals surface area contributed by atoms with Gasteiger partial charge in [0.1, 0.15) is 5.82 Å². The highest BCUT2D eigenvalue weighted by Gasteiger charge is 2.57. The number of fused-ring (bicyclic) bond motifs is 1. The SMILES string of the molecule is COC(=O)c1ccc(F)cc1S(=O)(=O)N1C[C@@H]2CCC[C@@]2(C(=O)O)C1. The molecule has 2 fully saturated rings. The van der Waals surface area contributed by atoms with Crippen LogP contribution < -0.4 is 0 Å². The molecule has 1 aromatic carbocycles. The number of aliphatic carboxylic acids is 1. The molecule has 0 unspecified atom stereocenters. The number of carbonyl (C=O) groups excluding carboxylic acids is 1. The van der Waals surface area contributed by atoms with Crippen molar-refractivity contribution in [3.8, 4) is 0 Å². The van der Waals surface area contributed by atoms with E-state index in [1.807, 2.05) is 0 Å². The first-order valence-corrected chi connectivity index (χ1v) is 9.28. The van der Waals surface area contributed by atoms with Gasteiger partial charge in [0.2, 0.25) is 10.0 Å². The summed E-state index contributed by atoms with van der Waals surface area (Å²) in [5.41, 5.74) is -1.38. The average Bonchev–Trinajstić information content (AvgIpc) is 3.12. The lowest BCUT2D eigenvalue weighted by atomic mass is 9.81. The van der Waals surface area contributed by atoms with Gasteiger partial charge in [0.05, 0.1) is 23.0 Å². The topological polar surface area (TPSA) is 101 Å². The summed E-state index contributed by atoms with van der Waals surface area (Å²) in [5, 5.41) is 9.60. The van der Waals surface area contributed by atoms with Gasteiger partial charge in [-0.25, -0.2) is 17.6 Å². The van der Waals surface area contributed by atoms with Crippen LogP contribution in [-0.2, 0) is 19.6 Å². The van der Waals surface area contributed by atoms with E-state index in [0.717, 1.165) is 36.0 Å². The average molecular weight is 371 g/mol. The second-order valence-corrected chi connectivity index (χ2v) is 8.39. The van der Waals surface area contributed by atoms with Crippen molar-refractivity contribution in [1.29, 1.82) is 0 Å². The lowest BCUT2D eigenvalue weighted by molar-refractivity contribution is -0.149. The van der Waals surface area contributed by atoms with Gasteiger partial charge in [0.25, 0.3) is 0 Å². The maximum absolute atomic E-state index is 13.6. The Balaban J connectivity index is 2.03. The third-order valence-corrected chi connectivity index (χ3v) is 7.08. The Morgan fingerprint density at radius 1 is 1.40 bits per heavy atom. The predicted octanol–water partition coefficient (Wildman–Crippen LogP) is 1.49. The number of benzene rings is 1. The molecule has 0 spiro atoms. The summed E-state index contributed by atoms with van der Waals surface area (Å²) in [6.07, 6.45) is 1.77. The first kappa shape index (κ1) is 17.8. The molecular formula is C16H18FNO6S. The van der Waals surface area contributed by atoms with Crippen LogP contribution in [0.25, 0.3) is 0 Å². The van der Waals surface area contributed by atoms with Crippen molar-refractivity contribution >= 4 is 22.0 Å². The zero-order valence-corrected chi connectivity index (χ0v) is 14.4. The quantitative estimate of drug-likeness (QED) is 0.805. The van der Waals surface area contributed by atoms with Crippen LogP contribution >= 0.6 is 0 Å².